The average molecular weight is 621 g/mol. The second kappa shape index (κ2) is 11.5. The minimum Gasteiger partial charge on any atom is -0.481 e. The number of Topliss-reactive ketones (excluding diaryl/α,β-unsaturated/α-hetero) is 1. The van der Waals surface area contributed by atoms with E-state index in [0.29, 0.717) is 23.2 Å². The van der Waals surface area contributed by atoms with E-state index >= 15 is 4.39 Å². The smallest absolute Gasteiger partial charge is 0.433 e. The lowest BCUT2D eigenvalue weighted by atomic mass is 9.74. The number of ketones is 1. The molecule has 2 heterocycles. The molecule has 4 rings (SSSR count). The molecule has 224 valence electrons. The highest BCUT2D eigenvalue weighted by Gasteiger charge is 2.46. The van der Waals surface area contributed by atoms with Crippen molar-refractivity contribution in [1.29, 1.82) is 0 Å². The number of hydrogen-bond donors (Lipinski definition) is 1. The van der Waals surface area contributed by atoms with Crippen LogP contribution in [0.15, 0.2) is 12.3 Å². The number of halogens is 6. The molecule has 8 nitrogen and oxygen atoms in total. The van der Waals surface area contributed by atoms with Crippen molar-refractivity contribution in [2.75, 3.05) is 13.1 Å². The van der Waals surface area contributed by atoms with Gasteiger partial charge in [-0.2, -0.15) is 18.3 Å². The Balaban J connectivity index is 1.69. The Morgan fingerprint density at radius 3 is 2.29 bits per heavy atom. The number of nitrogens with zero attached hydrogens (tertiary/aromatic N) is 4. The molecule has 2 aliphatic rings. The minimum absolute atomic E-state index is 0.0508. The molecule has 0 aromatic carbocycles. The zero-order valence-corrected chi connectivity index (χ0v) is 24.0. The summed E-state index contributed by atoms with van der Waals surface area (Å²) in [4.78, 5) is 43.3. The number of rotatable bonds is 8. The maximum atomic E-state index is 15.6. The number of aliphatic carboxylic acids is 1. The van der Waals surface area contributed by atoms with Crippen LogP contribution in [-0.2, 0) is 11.0 Å². The van der Waals surface area contributed by atoms with Crippen LogP contribution in [-0.4, -0.2) is 61.2 Å². The van der Waals surface area contributed by atoms with E-state index in [4.69, 9.17) is 23.2 Å². The molecule has 2 aromatic rings. The summed E-state index contributed by atoms with van der Waals surface area (Å²) in [7, 11) is 0. The SMILES string of the molecule is Cc1cc(Cl)c(C(=O)CN(CC2(F)CCCC2)C(=O)c2cnn(C3CCC(C)(C(=O)O)CC3)c2C(F)(F)F)c(Cl)n1. The van der Waals surface area contributed by atoms with Crippen molar-refractivity contribution in [3.05, 3.63) is 45.0 Å². The Labute approximate surface area is 244 Å². The van der Waals surface area contributed by atoms with Crippen LogP contribution in [0.1, 0.15) is 96.4 Å². The zero-order chi connectivity index (χ0) is 30.3. The second-order valence-corrected chi connectivity index (χ2v) is 12.1. The fourth-order valence-corrected chi connectivity index (χ4v) is 6.49. The number of aromatic nitrogens is 3. The molecule has 0 bridgehead atoms. The maximum absolute atomic E-state index is 15.6. The molecular formula is C27H30Cl2F4N4O4. The van der Waals surface area contributed by atoms with E-state index in [1.807, 2.05) is 0 Å². The van der Waals surface area contributed by atoms with E-state index in [-0.39, 0.29) is 54.3 Å². The van der Waals surface area contributed by atoms with Gasteiger partial charge in [0.1, 0.15) is 10.8 Å². The largest absolute Gasteiger partial charge is 0.481 e. The van der Waals surface area contributed by atoms with Crippen molar-refractivity contribution in [2.45, 2.75) is 83.1 Å². The number of hydrogen-bond acceptors (Lipinski definition) is 5. The van der Waals surface area contributed by atoms with Crippen LogP contribution in [0.25, 0.3) is 0 Å². The fraction of sp³-hybridized carbons (Fsp3) is 0.593. The number of carbonyl (C=O) groups is 3. The fourth-order valence-electron chi connectivity index (χ4n) is 5.75. The number of alkyl halides is 4. The normalized spacial score (nSPS) is 22.5. The van der Waals surface area contributed by atoms with Crippen LogP contribution < -0.4 is 0 Å². The summed E-state index contributed by atoms with van der Waals surface area (Å²) < 4.78 is 59.7. The Kier molecular flexibility index (Phi) is 8.76. The lowest BCUT2D eigenvalue weighted by Crippen LogP contribution is -2.45. The summed E-state index contributed by atoms with van der Waals surface area (Å²) in [5.41, 5.74) is -4.89. The molecule has 0 unspecified atom stereocenters. The summed E-state index contributed by atoms with van der Waals surface area (Å²) in [6.45, 7) is 1.76. The Morgan fingerprint density at radius 1 is 1.15 bits per heavy atom. The molecule has 2 fully saturated rings. The van der Waals surface area contributed by atoms with Gasteiger partial charge in [-0.25, -0.2) is 9.37 Å². The lowest BCUT2D eigenvalue weighted by molar-refractivity contribution is -0.152. The lowest BCUT2D eigenvalue weighted by Gasteiger charge is -2.34. The first-order valence-corrected chi connectivity index (χ1v) is 14.0. The van der Waals surface area contributed by atoms with Crippen molar-refractivity contribution in [3.63, 3.8) is 0 Å². The molecule has 1 N–H and O–H groups in total. The molecular weight excluding hydrogens is 591 g/mol. The van der Waals surface area contributed by atoms with E-state index in [9.17, 15) is 32.7 Å². The zero-order valence-electron chi connectivity index (χ0n) is 22.5. The molecule has 2 aromatic heterocycles. The van der Waals surface area contributed by atoms with Gasteiger partial charge >= 0.3 is 12.1 Å². The van der Waals surface area contributed by atoms with Gasteiger partial charge in [-0.3, -0.25) is 19.1 Å². The Bertz CT molecular complexity index is 1330. The Hall–Kier alpha value is -2.73. The van der Waals surface area contributed by atoms with Gasteiger partial charge in [0.15, 0.2) is 11.5 Å². The first-order valence-electron chi connectivity index (χ1n) is 13.3. The van der Waals surface area contributed by atoms with Crippen LogP contribution in [0.2, 0.25) is 10.2 Å². The van der Waals surface area contributed by atoms with Crippen molar-refractivity contribution in [3.8, 4) is 0 Å². The number of carboxylic acid groups (broad SMARTS) is 1. The van der Waals surface area contributed by atoms with Gasteiger partial charge in [0.05, 0.1) is 46.9 Å². The molecule has 0 atom stereocenters. The van der Waals surface area contributed by atoms with Gasteiger partial charge in [0.2, 0.25) is 0 Å². The summed E-state index contributed by atoms with van der Waals surface area (Å²) in [6.07, 6.45) is -2.51. The van der Waals surface area contributed by atoms with E-state index in [0.717, 1.165) is 11.1 Å². The number of amides is 1. The predicted molar refractivity (Wildman–Crippen MR) is 142 cm³/mol. The van der Waals surface area contributed by atoms with Crippen LogP contribution in [0, 0.1) is 12.3 Å². The highest BCUT2D eigenvalue weighted by molar-refractivity contribution is 6.39. The predicted octanol–water partition coefficient (Wildman–Crippen LogP) is 6.73. The van der Waals surface area contributed by atoms with Crippen LogP contribution in [0.5, 0.6) is 0 Å². The van der Waals surface area contributed by atoms with Crippen molar-refractivity contribution < 1.29 is 37.1 Å². The molecule has 0 aliphatic heterocycles. The molecule has 1 amide bonds. The van der Waals surface area contributed by atoms with Crippen LogP contribution in [0.4, 0.5) is 17.6 Å². The highest BCUT2D eigenvalue weighted by atomic mass is 35.5. The Morgan fingerprint density at radius 2 is 1.76 bits per heavy atom. The maximum Gasteiger partial charge on any atom is 0.433 e. The van der Waals surface area contributed by atoms with E-state index in [1.54, 1.807) is 13.8 Å². The third kappa shape index (κ3) is 6.53. The summed E-state index contributed by atoms with van der Waals surface area (Å²) in [5.74, 6) is -3.04. The minimum atomic E-state index is -5.01. The van der Waals surface area contributed by atoms with Gasteiger partial charge in [-0.15, -0.1) is 0 Å². The molecule has 14 heteroatoms. The quantitative estimate of drug-likeness (QED) is 0.199. The van der Waals surface area contributed by atoms with Gasteiger partial charge in [0.25, 0.3) is 5.91 Å². The molecule has 2 aliphatic carbocycles. The van der Waals surface area contributed by atoms with E-state index in [1.165, 1.54) is 6.07 Å². The first kappa shape index (κ1) is 31.2. The van der Waals surface area contributed by atoms with Crippen LogP contribution >= 0.6 is 23.2 Å². The molecule has 41 heavy (non-hydrogen) atoms. The van der Waals surface area contributed by atoms with Crippen molar-refractivity contribution >= 4 is 40.9 Å². The van der Waals surface area contributed by atoms with Crippen molar-refractivity contribution in [2.24, 2.45) is 5.41 Å². The van der Waals surface area contributed by atoms with Gasteiger partial charge in [-0.1, -0.05) is 36.0 Å². The number of carboxylic acids is 1. The molecule has 0 saturated heterocycles. The number of aryl methyl sites for hydroxylation is 1. The summed E-state index contributed by atoms with van der Waals surface area (Å²) in [6, 6.07) is 0.584. The number of pyridine rings is 1. The van der Waals surface area contributed by atoms with Crippen LogP contribution in [0.3, 0.4) is 0 Å². The average Bonchev–Trinajstić information content (AvgIpc) is 3.50. The number of carbonyl (C=O) groups excluding carboxylic acids is 2. The summed E-state index contributed by atoms with van der Waals surface area (Å²) in [5, 5.41) is 13.1. The first-order chi connectivity index (χ1) is 19.0. The second-order valence-electron chi connectivity index (χ2n) is 11.3. The molecule has 0 radical (unpaired) electrons. The molecule has 2 saturated carbocycles. The standard InChI is InChI=1S/C27H30Cl2F4N4O4/c1-15-11-18(28)20(22(29)35-15)19(38)13-36(14-26(30)7-3-4-8-26)23(39)17-12-34-37(21(17)27(31,32)33)16-5-9-25(2,10-6-16)24(40)41/h11-12,16H,3-10,13-14H2,1-2H3,(H,40,41). The van der Waals surface area contributed by atoms with Gasteiger partial charge in [0, 0.05) is 5.69 Å². The van der Waals surface area contributed by atoms with E-state index < -0.39 is 65.3 Å². The third-order valence-electron chi connectivity index (χ3n) is 8.14. The molecule has 0 spiro atoms. The van der Waals surface area contributed by atoms with Gasteiger partial charge in [-0.05, 0) is 58.4 Å². The summed E-state index contributed by atoms with van der Waals surface area (Å²) >= 11 is 12.3. The monoisotopic (exact) mass is 620 g/mol. The van der Waals surface area contributed by atoms with Gasteiger partial charge < -0.3 is 10.0 Å². The van der Waals surface area contributed by atoms with Crippen molar-refractivity contribution in [1.82, 2.24) is 19.7 Å². The van der Waals surface area contributed by atoms with E-state index in [2.05, 4.69) is 10.1 Å². The third-order valence-corrected chi connectivity index (χ3v) is 8.72. The topological polar surface area (TPSA) is 105 Å². The highest BCUT2D eigenvalue weighted by Crippen LogP contribution is 2.44.